The van der Waals surface area contributed by atoms with Gasteiger partial charge in [0.15, 0.2) is 5.78 Å². The van der Waals surface area contributed by atoms with Crippen molar-refractivity contribution in [2.45, 2.75) is 38.5 Å². The summed E-state index contributed by atoms with van der Waals surface area (Å²) in [6.07, 6.45) is 7.49. The predicted molar refractivity (Wildman–Crippen MR) is 65.5 cm³/mol. The van der Waals surface area contributed by atoms with Crippen LogP contribution >= 0.6 is 0 Å². The highest BCUT2D eigenvalue weighted by Crippen LogP contribution is 2.14. The number of hydrogen-bond acceptors (Lipinski definition) is 3. The number of nitrogens with zero attached hydrogens (tertiary/aromatic N) is 1. The van der Waals surface area contributed by atoms with Crippen LogP contribution in [0.1, 0.15) is 38.5 Å². The highest BCUT2D eigenvalue weighted by atomic mass is 16.1. The molecule has 2 aliphatic rings. The fourth-order valence-electron chi connectivity index (χ4n) is 2.77. The number of rotatable bonds is 3. The van der Waals surface area contributed by atoms with Crippen LogP contribution in [0.5, 0.6) is 0 Å². The molecule has 0 aromatic rings. The van der Waals surface area contributed by atoms with Crippen LogP contribution in [0, 0.1) is 5.92 Å². The Bertz CT molecular complexity index is 216. The molecule has 2 aliphatic heterocycles. The largest absolute Gasteiger partial charge is 0.316 e. The summed E-state index contributed by atoms with van der Waals surface area (Å²) in [5.74, 6) is 0.756. The molecule has 2 saturated heterocycles. The van der Waals surface area contributed by atoms with E-state index >= 15 is 0 Å². The van der Waals surface area contributed by atoms with Gasteiger partial charge in [0, 0.05) is 12.5 Å². The Kier molecular flexibility index (Phi) is 4.79. The van der Waals surface area contributed by atoms with E-state index in [9.17, 15) is 4.79 Å². The van der Waals surface area contributed by atoms with Crippen molar-refractivity contribution in [1.82, 2.24) is 10.2 Å². The van der Waals surface area contributed by atoms with Crippen LogP contribution in [0.3, 0.4) is 0 Å². The summed E-state index contributed by atoms with van der Waals surface area (Å²) in [5.41, 5.74) is 0. The SMILES string of the molecule is O=C(CN1CCCCCC1)C1CCCNC1. The number of hydrogen-bond donors (Lipinski definition) is 1. The van der Waals surface area contributed by atoms with E-state index in [1.807, 2.05) is 0 Å². The van der Waals surface area contributed by atoms with Gasteiger partial charge in [-0.15, -0.1) is 0 Å². The molecule has 1 N–H and O–H groups in total. The Morgan fingerprint density at radius 1 is 1.12 bits per heavy atom. The van der Waals surface area contributed by atoms with Crippen LogP contribution in [0.25, 0.3) is 0 Å². The number of likely N-dealkylation sites (tertiary alicyclic amines) is 1. The van der Waals surface area contributed by atoms with Crippen LogP contribution in [0.15, 0.2) is 0 Å². The van der Waals surface area contributed by atoms with Crippen molar-refractivity contribution >= 4 is 5.78 Å². The number of nitrogens with one attached hydrogen (secondary N) is 1. The number of piperidine rings is 1. The lowest BCUT2D eigenvalue weighted by molar-refractivity contribution is -0.124. The number of Topliss-reactive ketones (excluding diaryl/α,β-unsaturated/α-hetero) is 1. The minimum atomic E-state index is 0.289. The molecule has 0 aromatic heterocycles. The summed E-state index contributed by atoms with van der Waals surface area (Å²) in [6, 6.07) is 0. The second-order valence-electron chi connectivity index (χ2n) is 5.20. The lowest BCUT2D eigenvalue weighted by Crippen LogP contribution is -2.40. The summed E-state index contributed by atoms with van der Waals surface area (Å²) < 4.78 is 0. The standard InChI is InChI=1S/C13H24N2O/c16-13(12-6-5-7-14-10-12)11-15-8-3-1-2-4-9-15/h12,14H,1-11H2. The first kappa shape index (κ1) is 12.1. The average molecular weight is 224 g/mol. The van der Waals surface area contributed by atoms with E-state index in [4.69, 9.17) is 0 Å². The van der Waals surface area contributed by atoms with Crippen molar-refractivity contribution in [3.8, 4) is 0 Å². The van der Waals surface area contributed by atoms with Crippen LogP contribution < -0.4 is 5.32 Å². The smallest absolute Gasteiger partial charge is 0.151 e. The Morgan fingerprint density at radius 3 is 2.50 bits per heavy atom. The molecule has 0 bridgehead atoms. The van der Waals surface area contributed by atoms with Gasteiger partial charge in [-0.1, -0.05) is 12.8 Å². The first-order valence-electron chi connectivity index (χ1n) is 6.82. The van der Waals surface area contributed by atoms with Crippen LogP contribution in [0.2, 0.25) is 0 Å². The number of ketones is 1. The third kappa shape index (κ3) is 3.56. The van der Waals surface area contributed by atoms with Gasteiger partial charge in [0.1, 0.15) is 0 Å². The molecule has 92 valence electrons. The summed E-state index contributed by atoms with van der Waals surface area (Å²) in [6.45, 7) is 4.96. The lowest BCUT2D eigenvalue weighted by atomic mass is 9.95. The molecule has 0 saturated carbocycles. The zero-order valence-corrected chi connectivity index (χ0v) is 10.2. The maximum Gasteiger partial charge on any atom is 0.151 e. The fraction of sp³-hybridized carbons (Fsp3) is 0.923. The third-order valence-electron chi connectivity index (χ3n) is 3.83. The van der Waals surface area contributed by atoms with E-state index in [1.54, 1.807) is 0 Å². The van der Waals surface area contributed by atoms with Gasteiger partial charge >= 0.3 is 0 Å². The molecule has 0 amide bonds. The zero-order valence-electron chi connectivity index (χ0n) is 10.2. The molecular weight excluding hydrogens is 200 g/mol. The summed E-state index contributed by atoms with van der Waals surface area (Å²) >= 11 is 0. The second-order valence-corrected chi connectivity index (χ2v) is 5.20. The third-order valence-corrected chi connectivity index (χ3v) is 3.83. The second kappa shape index (κ2) is 6.36. The quantitative estimate of drug-likeness (QED) is 0.787. The van der Waals surface area contributed by atoms with E-state index in [0.717, 1.165) is 39.0 Å². The van der Waals surface area contributed by atoms with Crippen molar-refractivity contribution in [2.24, 2.45) is 5.92 Å². The summed E-state index contributed by atoms with van der Waals surface area (Å²) in [7, 11) is 0. The molecule has 0 radical (unpaired) electrons. The number of carbonyl (C=O) groups is 1. The van der Waals surface area contributed by atoms with Crippen molar-refractivity contribution in [2.75, 3.05) is 32.7 Å². The monoisotopic (exact) mass is 224 g/mol. The normalized spacial score (nSPS) is 28.6. The van der Waals surface area contributed by atoms with E-state index in [-0.39, 0.29) is 5.92 Å². The van der Waals surface area contributed by atoms with E-state index < -0.39 is 0 Å². The molecule has 2 rings (SSSR count). The highest BCUT2D eigenvalue weighted by Gasteiger charge is 2.22. The predicted octanol–water partition coefficient (Wildman–Crippen LogP) is 1.43. The van der Waals surface area contributed by atoms with Crippen molar-refractivity contribution in [1.29, 1.82) is 0 Å². The van der Waals surface area contributed by atoms with Gasteiger partial charge in [0.25, 0.3) is 0 Å². The molecule has 1 atom stereocenters. The molecule has 2 heterocycles. The van der Waals surface area contributed by atoms with Crippen molar-refractivity contribution < 1.29 is 4.79 Å². The van der Waals surface area contributed by atoms with Gasteiger partial charge in [0.05, 0.1) is 6.54 Å². The van der Waals surface area contributed by atoms with Crippen molar-refractivity contribution in [3.63, 3.8) is 0 Å². The van der Waals surface area contributed by atoms with Gasteiger partial charge in [0.2, 0.25) is 0 Å². The molecule has 0 aliphatic carbocycles. The number of carbonyl (C=O) groups excluding carboxylic acids is 1. The van der Waals surface area contributed by atoms with Gasteiger partial charge in [-0.05, 0) is 45.3 Å². The van der Waals surface area contributed by atoms with Crippen molar-refractivity contribution in [3.05, 3.63) is 0 Å². The Balaban J connectivity index is 1.76. The Morgan fingerprint density at radius 2 is 1.88 bits per heavy atom. The topological polar surface area (TPSA) is 32.3 Å². The first-order valence-corrected chi connectivity index (χ1v) is 6.82. The Labute approximate surface area is 98.6 Å². The minimum Gasteiger partial charge on any atom is -0.316 e. The minimum absolute atomic E-state index is 0.289. The molecule has 1 unspecified atom stereocenters. The molecular formula is C13H24N2O. The van der Waals surface area contributed by atoms with E-state index in [0.29, 0.717) is 12.3 Å². The summed E-state index contributed by atoms with van der Waals surface area (Å²) in [4.78, 5) is 14.5. The van der Waals surface area contributed by atoms with Gasteiger partial charge in [-0.2, -0.15) is 0 Å². The van der Waals surface area contributed by atoms with Gasteiger partial charge in [-0.3, -0.25) is 9.69 Å². The maximum atomic E-state index is 12.1. The molecule has 2 fully saturated rings. The maximum absolute atomic E-state index is 12.1. The van der Waals surface area contributed by atoms with Crippen LogP contribution in [0.4, 0.5) is 0 Å². The van der Waals surface area contributed by atoms with Crippen LogP contribution in [-0.2, 0) is 4.79 Å². The molecule has 0 aromatic carbocycles. The molecule has 16 heavy (non-hydrogen) atoms. The molecule has 0 spiro atoms. The van der Waals surface area contributed by atoms with E-state index in [2.05, 4.69) is 10.2 Å². The van der Waals surface area contributed by atoms with E-state index in [1.165, 1.54) is 25.7 Å². The van der Waals surface area contributed by atoms with Crippen LogP contribution in [-0.4, -0.2) is 43.4 Å². The molecule has 3 heteroatoms. The zero-order chi connectivity index (χ0) is 11.2. The lowest BCUT2D eigenvalue weighted by Gasteiger charge is -2.25. The Hall–Kier alpha value is -0.410. The van der Waals surface area contributed by atoms with Gasteiger partial charge < -0.3 is 5.32 Å². The highest BCUT2D eigenvalue weighted by molar-refractivity contribution is 5.83. The summed E-state index contributed by atoms with van der Waals surface area (Å²) in [5, 5.41) is 3.33. The van der Waals surface area contributed by atoms with Gasteiger partial charge in [-0.25, -0.2) is 0 Å². The first-order chi connectivity index (χ1) is 7.86. The molecule has 3 nitrogen and oxygen atoms in total. The fourth-order valence-corrected chi connectivity index (χ4v) is 2.77. The average Bonchev–Trinajstić information content (AvgIpc) is 2.59.